The van der Waals surface area contributed by atoms with Gasteiger partial charge in [0.05, 0.1) is 17.9 Å². The van der Waals surface area contributed by atoms with E-state index in [0.717, 1.165) is 31.2 Å². The normalized spacial score (nSPS) is 20.1. The molecule has 4 atom stereocenters. The van der Waals surface area contributed by atoms with Gasteiger partial charge in [-0.1, -0.05) is 56.3 Å². The molecule has 1 saturated carbocycles. The van der Waals surface area contributed by atoms with Crippen molar-refractivity contribution in [1.29, 1.82) is 0 Å². The van der Waals surface area contributed by atoms with Gasteiger partial charge in [-0.2, -0.15) is 0 Å². The SMILES string of the molecule is CC(C)CC(C(=O)NN(CC1CC1)C(=O)[C@@H](C)N)[C@@H](CC=Cc1ccccc1)C(=O)NO[C@H]1CCCCO1. The highest BCUT2D eigenvalue weighted by Crippen LogP contribution is 2.30. The molecule has 1 heterocycles. The van der Waals surface area contributed by atoms with Gasteiger partial charge in [-0.05, 0) is 62.8 Å². The fraction of sp³-hybridized carbons (Fsp3) is 0.621. The minimum Gasteiger partial charge on any atom is -0.350 e. The minimum absolute atomic E-state index is 0.141. The number of allylic oxidation sites excluding steroid dienone is 1. The molecular weight excluding hydrogens is 484 g/mol. The fourth-order valence-corrected chi connectivity index (χ4v) is 4.55. The van der Waals surface area contributed by atoms with Crippen LogP contribution in [-0.4, -0.2) is 48.2 Å². The summed E-state index contributed by atoms with van der Waals surface area (Å²) in [6.07, 6.45) is 8.81. The van der Waals surface area contributed by atoms with E-state index < -0.39 is 24.2 Å². The van der Waals surface area contributed by atoms with Gasteiger partial charge in [0.15, 0.2) is 6.29 Å². The average molecular weight is 529 g/mol. The smallest absolute Gasteiger partial charge is 0.257 e. The molecule has 2 fully saturated rings. The molecule has 1 aliphatic heterocycles. The molecule has 0 spiro atoms. The number of benzene rings is 1. The van der Waals surface area contributed by atoms with Crippen molar-refractivity contribution in [3.63, 3.8) is 0 Å². The molecule has 0 aromatic heterocycles. The maximum Gasteiger partial charge on any atom is 0.257 e. The van der Waals surface area contributed by atoms with Crippen LogP contribution in [0.4, 0.5) is 0 Å². The maximum absolute atomic E-state index is 13.7. The van der Waals surface area contributed by atoms with E-state index in [1.54, 1.807) is 6.92 Å². The van der Waals surface area contributed by atoms with Crippen LogP contribution in [0.3, 0.4) is 0 Å². The van der Waals surface area contributed by atoms with Crippen molar-refractivity contribution in [3.8, 4) is 0 Å². The average Bonchev–Trinajstić information content (AvgIpc) is 3.73. The summed E-state index contributed by atoms with van der Waals surface area (Å²) < 4.78 is 5.58. The lowest BCUT2D eigenvalue weighted by Gasteiger charge is -2.31. The van der Waals surface area contributed by atoms with Gasteiger partial charge >= 0.3 is 0 Å². The van der Waals surface area contributed by atoms with E-state index >= 15 is 0 Å². The summed E-state index contributed by atoms with van der Waals surface area (Å²) in [6.45, 7) is 6.64. The Labute approximate surface area is 226 Å². The van der Waals surface area contributed by atoms with E-state index in [0.29, 0.717) is 38.3 Å². The summed E-state index contributed by atoms with van der Waals surface area (Å²) >= 11 is 0. The van der Waals surface area contributed by atoms with E-state index in [4.69, 9.17) is 15.3 Å². The molecule has 1 aliphatic carbocycles. The molecule has 1 unspecified atom stereocenters. The first-order valence-corrected chi connectivity index (χ1v) is 13.9. The number of hydrazine groups is 1. The first-order chi connectivity index (χ1) is 18.2. The lowest BCUT2D eigenvalue weighted by Crippen LogP contribution is -2.55. The van der Waals surface area contributed by atoms with Crippen LogP contribution in [0.25, 0.3) is 6.08 Å². The highest BCUT2D eigenvalue weighted by atomic mass is 16.8. The molecule has 9 heteroatoms. The van der Waals surface area contributed by atoms with Crippen LogP contribution in [0, 0.1) is 23.7 Å². The molecule has 1 aromatic rings. The van der Waals surface area contributed by atoms with Crippen molar-refractivity contribution in [1.82, 2.24) is 15.9 Å². The van der Waals surface area contributed by atoms with E-state index in [1.165, 1.54) is 5.01 Å². The largest absolute Gasteiger partial charge is 0.350 e. The summed E-state index contributed by atoms with van der Waals surface area (Å²) in [5.41, 5.74) is 12.2. The topological polar surface area (TPSA) is 123 Å². The molecule has 3 amide bonds. The summed E-state index contributed by atoms with van der Waals surface area (Å²) in [5.74, 6) is -1.99. The number of rotatable bonds is 13. The first-order valence-electron chi connectivity index (χ1n) is 13.9. The summed E-state index contributed by atoms with van der Waals surface area (Å²) in [7, 11) is 0. The third-order valence-corrected chi connectivity index (χ3v) is 6.85. The lowest BCUT2D eigenvalue weighted by atomic mass is 9.82. The number of carbonyl (C=O) groups is 3. The number of hydroxylamine groups is 1. The first kappa shape index (κ1) is 29.8. The number of nitrogens with zero attached hydrogens (tertiary/aromatic N) is 1. The highest BCUT2D eigenvalue weighted by Gasteiger charge is 2.37. The van der Waals surface area contributed by atoms with Crippen LogP contribution in [-0.2, 0) is 24.0 Å². The molecule has 38 heavy (non-hydrogen) atoms. The second-order valence-corrected chi connectivity index (χ2v) is 10.9. The van der Waals surface area contributed by atoms with Crippen LogP contribution >= 0.6 is 0 Å². The van der Waals surface area contributed by atoms with Crippen LogP contribution in [0.2, 0.25) is 0 Å². The molecule has 2 aliphatic rings. The van der Waals surface area contributed by atoms with Gasteiger partial charge in [-0.25, -0.2) is 10.3 Å². The maximum atomic E-state index is 13.7. The number of nitrogens with one attached hydrogen (secondary N) is 2. The quantitative estimate of drug-likeness (QED) is 0.337. The number of nitrogens with two attached hydrogens (primary N) is 1. The Hall–Kier alpha value is -2.75. The van der Waals surface area contributed by atoms with Crippen molar-refractivity contribution >= 4 is 23.8 Å². The van der Waals surface area contributed by atoms with Crippen LogP contribution < -0.4 is 16.6 Å². The summed E-state index contributed by atoms with van der Waals surface area (Å²) in [6, 6.07) is 9.04. The fourth-order valence-electron chi connectivity index (χ4n) is 4.55. The van der Waals surface area contributed by atoms with E-state index in [2.05, 4.69) is 10.9 Å². The predicted molar refractivity (Wildman–Crippen MR) is 146 cm³/mol. The zero-order valence-electron chi connectivity index (χ0n) is 22.9. The molecule has 3 rings (SSSR count). The number of ether oxygens (including phenoxy) is 1. The zero-order valence-corrected chi connectivity index (χ0v) is 22.9. The van der Waals surface area contributed by atoms with Gasteiger partial charge in [0.1, 0.15) is 0 Å². The highest BCUT2D eigenvalue weighted by molar-refractivity contribution is 5.89. The van der Waals surface area contributed by atoms with Gasteiger partial charge in [-0.3, -0.25) is 24.8 Å². The van der Waals surface area contributed by atoms with Crippen molar-refractivity contribution < 1.29 is 24.0 Å². The number of hydrogen-bond donors (Lipinski definition) is 3. The standard InChI is InChI=1S/C29H44N4O5/c1-20(2)18-25(27(34)31-33(19-23-15-16-23)29(36)21(3)30)24(13-9-12-22-10-5-4-6-11-22)28(35)32-38-26-14-7-8-17-37-26/h4-6,9-12,20-21,23-26H,7-8,13-19,30H2,1-3H3,(H,31,34)(H,32,35)/t21-,24-,25?,26+/m1/s1. The number of amides is 3. The van der Waals surface area contributed by atoms with Gasteiger partial charge < -0.3 is 10.5 Å². The second kappa shape index (κ2) is 15.0. The van der Waals surface area contributed by atoms with Crippen molar-refractivity contribution in [2.24, 2.45) is 29.4 Å². The van der Waals surface area contributed by atoms with Crippen LogP contribution in [0.15, 0.2) is 36.4 Å². The molecule has 9 nitrogen and oxygen atoms in total. The molecule has 210 valence electrons. The predicted octanol–water partition coefficient (Wildman–Crippen LogP) is 3.56. The van der Waals surface area contributed by atoms with Gasteiger partial charge in [-0.15, -0.1) is 0 Å². The second-order valence-electron chi connectivity index (χ2n) is 10.9. The molecule has 1 saturated heterocycles. The van der Waals surface area contributed by atoms with Gasteiger partial charge in [0, 0.05) is 19.6 Å². The Bertz CT molecular complexity index is 926. The van der Waals surface area contributed by atoms with Crippen molar-refractivity contribution in [2.45, 2.75) is 78.0 Å². The van der Waals surface area contributed by atoms with E-state index in [-0.39, 0.29) is 23.6 Å². The third kappa shape index (κ3) is 9.85. The third-order valence-electron chi connectivity index (χ3n) is 6.85. The Morgan fingerprint density at radius 3 is 2.42 bits per heavy atom. The van der Waals surface area contributed by atoms with E-state index in [1.807, 2.05) is 56.3 Å². The Morgan fingerprint density at radius 2 is 1.82 bits per heavy atom. The molecular formula is C29H44N4O5. The van der Waals surface area contributed by atoms with Gasteiger partial charge in [0.2, 0.25) is 11.8 Å². The molecule has 1 aromatic carbocycles. The number of hydrogen-bond acceptors (Lipinski definition) is 6. The molecule has 4 N–H and O–H groups in total. The monoisotopic (exact) mass is 528 g/mol. The number of carbonyl (C=O) groups excluding carboxylic acids is 3. The Kier molecular flexibility index (Phi) is 11.8. The minimum atomic E-state index is -0.741. The van der Waals surface area contributed by atoms with E-state index in [9.17, 15) is 14.4 Å². The summed E-state index contributed by atoms with van der Waals surface area (Å²) in [5, 5.41) is 1.35. The Morgan fingerprint density at radius 1 is 1.08 bits per heavy atom. The molecule has 0 radical (unpaired) electrons. The van der Waals surface area contributed by atoms with Crippen molar-refractivity contribution in [2.75, 3.05) is 13.2 Å². The Balaban J connectivity index is 1.78. The van der Waals surface area contributed by atoms with Crippen LogP contribution in [0.1, 0.15) is 71.3 Å². The molecule has 0 bridgehead atoms. The van der Waals surface area contributed by atoms with Gasteiger partial charge in [0.25, 0.3) is 5.91 Å². The van der Waals surface area contributed by atoms with Crippen molar-refractivity contribution in [3.05, 3.63) is 42.0 Å². The summed E-state index contributed by atoms with van der Waals surface area (Å²) in [4.78, 5) is 45.5. The van der Waals surface area contributed by atoms with Crippen LogP contribution in [0.5, 0.6) is 0 Å². The zero-order chi connectivity index (χ0) is 27.5. The lowest BCUT2D eigenvalue weighted by molar-refractivity contribution is -0.203.